The molecule has 2 aromatic heterocycles. The minimum atomic E-state index is -1.85. The van der Waals surface area contributed by atoms with E-state index in [9.17, 15) is 10.2 Å². The quantitative estimate of drug-likeness (QED) is 0.0676. The summed E-state index contributed by atoms with van der Waals surface area (Å²) in [5.41, 5.74) is 2.82. The maximum atomic E-state index is 15.6. The molecule has 0 fully saturated rings. The number of aromatic nitrogens is 2. The number of methoxy groups -OCH3 is 1. The summed E-state index contributed by atoms with van der Waals surface area (Å²) >= 11 is 13.8. The third-order valence-corrected chi connectivity index (χ3v) is 11.4. The van der Waals surface area contributed by atoms with E-state index in [2.05, 4.69) is 15.3 Å². The van der Waals surface area contributed by atoms with Crippen LogP contribution in [0.2, 0.25) is 10.0 Å². The molecule has 0 saturated carbocycles. The second-order valence-electron chi connectivity index (χ2n) is 14.9. The SMILES string of the molecule is COC(=Cc1ccccc1)C(NC(=O)C(Oc1ccccc1)N(C(=O)OCc1ccccc1)C(Cc1ccccc1)c1cc(Cl)c2cccnc2c1O)c1cc(Cl)c2cccnc2c1O. The molecule has 3 N–H and O–H groups in total. The lowest BCUT2D eigenvalue weighted by molar-refractivity contribution is -0.138. The zero-order valence-electron chi connectivity index (χ0n) is 34.9. The number of halogens is 2. The average Bonchev–Trinajstić information content (AvgIpc) is 3.35. The summed E-state index contributed by atoms with van der Waals surface area (Å²) in [7, 11) is 1.44. The van der Waals surface area contributed by atoms with Gasteiger partial charge in [0, 0.05) is 34.3 Å². The van der Waals surface area contributed by atoms with Crippen molar-refractivity contribution in [2.75, 3.05) is 7.11 Å². The minimum Gasteiger partial charge on any atom is -0.505 e. The first kappa shape index (κ1) is 44.0. The average molecular weight is 906 g/mol. The monoisotopic (exact) mass is 904 g/mol. The fraction of sp³-hybridized carbons (Fsp3) is 0.115. The van der Waals surface area contributed by atoms with Crippen LogP contribution in [-0.4, -0.2) is 50.4 Å². The van der Waals surface area contributed by atoms with Crippen molar-refractivity contribution in [1.82, 2.24) is 20.2 Å². The number of nitrogens with one attached hydrogen (secondary N) is 1. The summed E-state index contributed by atoms with van der Waals surface area (Å²) in [6, 6.07) is 43.6. The van der Waals surface area contributed by atoms with Gasteiger partial charge in [0.25, 0.3) is 12.1 Å². The van der Waals surface area contributed by atoms with Crippen LogP contribution in [-0.2, 0) is 27.3 Å². The predicted octanol–water partition coefficient (Wildman–Crippen LogP) is 11.4. The highest BCUT2D eigenvalue weighted by Crippen LogP contribution is 2.42. The fourth-order valence-corrected chi connectivity index (χ4v) is 8.16. The molecule has 2 heterocycles. The summed E-state index contributed by atoms with van der Waals surface area (Å²) in [6.07, 6.45) is 1.98. The number of nitrogens with zero attached hydrogens (tertiary/aromatic N) is 3. The molecule has 8 rings (SSSR count). The van der Waals surface area contributed by atoms with Crippen LogP contribution < -0.4 is 10.1 Å². The molecule has 0 bridgehead atoms. The topological polar surface area (TPSA) is 143 Å². The first-order chi connectivity index (χ1) is 31.7. The van der Waals surface area contributed by atoms with Gasteiger partial charge >= 0.3 is 6.09 Å². The summed E-state index contributed by atoms with van der Waals surface area (Å²) in [4.78, 5) is 40.8. The number of phenols is 2. The standard InChI is InChI=1S/C52H42Cl2N4O7/c1-63-44(29-34-18-8-3-9-19-34)45(40-31-42(54)38-25-15-27-56-47(38)49(40)60)57-50(61)51(65-36-22-12-5-13-23-36)58(52(62)64-32-35-20-10-4-11-21-35)43(28-33-16-6-2-7-17-33)39-30-41(53)37-24-14-26-55-46(37)48(39)59/h2-27,29-31,43,45,51,59-60H,28,32H2,1H3,(H,57,61). The normalized spacial score (nSPS) is 12.8. The molecule has 0 aliphatic heterocycles. The molecule has 0 saturated heterocycles. The van der Waals surface area contributed by atoms with E-state index >= 15 is 9.59 Å². The van der Waals surface area contributed by atoms with Crippen molar-refractivity contribution >= 4 is 63.1 Å². The first-order valence-corrected chi connectivity index (χ1v) is 21.3. The fourth-order valence-electron chi connectivity index (χ4n) is 7.62. The highest BCUT2D eigenvalue weighted by Gasteiger charge is 2.42. The number of phenolic OH excluding ortho intramolecular Hbond substituents is 2. The Labute approximate surface area is 385 Å². The molecule has 2 amide bonds. The van der Waals surface area contributed by atoms with Crippen LogP contribution in [0.15, 0.2) is 176 Å². The molecule has 65 heavy (non-hydrogen) atoms. The van der Waals surface area contributed by atoms with Crippen LogP contribution in [0.1, 0.15) is 39.9 Å². The van der Waals surface area contributed by atoms with E-state index < -0.39 is 30.3 Å². The van der Waals surface area contributed by atoms with Crippen LogP contribution in [0.4, 0.5) is 4.79 Å². The number of carbonyl (C=O) groups excluding carboxylic acids is 2. The number of carbonyl (C=O) groups is 2. The first-order valence-electron chi connectivity index (χ1n) is 20.6. The molecule has 6 aromatic carbocycles. The van der Waals surface area contributed by atoms with Gasteiger partial charge in [-0.2, -0.15) is 0 Å². The van der Waals surface area contributed by atoms with Crippen LogP contribution in [0.25, 0.3) is 27.9 Å². The number of pyridine rings is 2. The number of benzene rings is 6. The number of amides is 2. The summed E-state index contributed by atoms with van der Waals surface area (Å²) in [5, 5.41) is 28.6. The van der Waals surface area contributed by atoms with E-state index in [-0.39, 0.29) is 68.2 Å². The molecule has 8 aromatic rings. The van der Waals surface area contributed by atoms with Crippen LogP contribution >= 0.6 is 23.2 Å². The Bertz CT molecular complexity index is 2960. The molecular weight excluding hydrogens is 863 g/mol. The zero-order chi connectivity index (χ0) is 45.3. The number of hydrogen-bond donors (Lipinski definition) is 3. The second-order valence-corrected chi connectivity index (χ2v) is 15.7. The lowest BCUT2D eigenvalue weighted by Gasteiger charge is -2.37. The largest absolute Gasteiger partial charge is 0.505 e. The molecule has 3 atom stereocenters. The van der Waals surface area contributed by atoms with Crippen LogP contribution in [0, 0.1) is 0 Å². The minimum absolute atomic E-state index is 0.0405. The Kier molecular flexibility index (Phi) is 13.7. The number of fused-ring (bicyclic) bond motifs is 2. The maximum absolute atomic E-state index is 15.6. The molecular formula is C52H42Cl2N4O7. The van der Waals surface area contributed by atoms with Gasteiger partial charge in [-0.25, -0.2) is 4.79 Å². The molecule has 11 nitrogen and oxygen atoms in total. The van der Waals surface area contributed by atoms with Gasteiger partial charge in [-0.3, -0.25) is 19.7 Å². The Morgan fingerprint density at radius 2 is 1.22 bits per heavy atom. The molecule has 3 unspecified atom stereocenters. The van der Waals surface area contributed by atoms with E-state index in [0.717, 1.165) is 16.0 Å². The van der Waals surface area contributed by atoms with Gasteiger partial charge in [0.05, 0.1) is 23.2 Å². The van der Waals surface area contributed by atoms with Gasteiger partial charge in [-0.15, -0.1) is 0 Å². The predicted molar refractivity (Wildman–Crippen MR) is 251 cm³/mol. The number of ether oxygens (including phenoxy) is 3. The van der Waals surface area contributed by atoms with Gasteiger partial charge in [0.2, 0.25) is 0 Å². The smallest absolute Gasteiger partial charge is 0.413 e. The van der Waals surface area contributed by atoms with Gasteiger partial charge in [0.15, 0.2) is 0 Å². The molecule has 326 valence electrons. The Morgan fingerprint density at radius 1 is 0.692 bits per heavy atom. The highest BCUT2D eigenvalue weighted by atomic mass is 35.5. The van der Waals surface area contributed by atoms with E-state index in [4.69, 9.17) is 37.4 Å². The van der Waals surface area contributed by atoms with Crippen molar-refractivity contribution in [1.29, 1.82) is 0 Å². The summed E-state index contributed by atoms with van der Waals surface area (Å²) in [6.45, 7) is -0.174. The summed E-state index contributed by atoms with van der Waals surface area (Å²) < 4.78 is 18.7. The van der Waals surface area contributed by atoms with Crippen LogP contribution in [0.3, 0.4) is 0 Å². The van der Waals surface area contributed by atoms with E-state index in [1.807, 2.05) is 78.9 Å². The van der Waals surface area contributed by atoms with Gasteiger partial charge in [-0.1, -0.05) is 132 Å². The van der Waals surface area contributed by atoms with Gasteiger partial charge in [0.1, 0.15) is 46.7 Å². The van der Waals surface area contributed by atoms with Crippen molar-refractivity contribution in [2.24, 2.45) is 0 Å². The van der Waals surface area contributed by atoms with Crippen molar-refractivity contribution in [3.63, 3.8) is 0 Å². The van der Waals surface area contributed by atoms with Crippen molar-refractivity contribution in [3.05, 3.63) is 214 Å². The number of hydrogen-bond acceptors (Lipinski definition) is 9. The summed E-state index contributed by atoms with van der Waals surface area (Å²) in [5.74, 6) is -0.992. The maximum Gasteiger partial charge on any atom is 0.413 e. The number of rotatable bonds is 15. The lowest BCUT2D eigenvalue weighted by Crippen LogP contribution is -2.55. The zero-order valence-corrected chi connectivity index (χ0v) is 36.4. The van der Waals surface area contributed by atoms with Gasteiger partial charge < -0.3 is 29.7 Å². The molecule has 0 radical (unpaired) electrons. The van der Waals surface area contributed by atoms with Gasteiger partial charge in [-0.05, 0) is 77.7 Å². The molecule has 13 heteroatoms. The van der Waals surface area contributed by atoms with E-state index in [0.29, 0.717) is 16.3 Å². The second kappa shape index (κ2) is 20.3. The highest BCUT2D eigenvalue weighted by molar-refractivity contribution is 6.36. The third kappa shape index (κ3) is 9.97. The van der Waals surface area contributed by atoms with Crippen molar-refractivity contribution < 1.29 is 34.0 Å². The Morgan fingerprint density at radius 3 is 1.80 bits per heavy atom. The van der Waals surface area contributed by atoms with E-state index in [1.165, 1.54) is 25.6 Å². The number of para-hydroxylation sites is 1. The molecule has 0 spiro atoms. The van der Waals surface area contributed by atoms with Crippen molar-refractivity contribution in [2.45, 2.75) is 31.3 Å². The molecule has 0 aliphatic carbocycles. The van der Waals surface area contributed by atoms with E-state index in [1.54, 1.807) is 78.9 Å². The van der Waals surface area contributed by atoms with Crippen molar-refractivity contribution in [3.8, 4) is 17.2 Å². The Balaban J connectivity index is 1.33. The Hall–Kier alpha value is -7.60. The lowest BCUT2D eigenvalue weighted by atomic mass is 9.94. The van der Waals surface area contributed by atoms with Crippen LogP contribution in [0.5, 0.6) is 17.2 Å². The molecule has 0 aliphatic rings. The third-order valence-electron chi connectivity index (χ3n) is 10.8. The number of aromatic hydroxyl groups is 2.